The molecular weight excluding hydrogens is 293 g/mol. The second-order valence-corrected chi connectivity index (χ2v) is 4.81. The summed E-state index contributed by atoms with van der Waals surface area (Å²) in [5.41, 5.74) is 0.752. The minimum Gasteiger partial charge on any atom is -0.340 e. The maximum Gasteiger partial charge on any atom is 0.262 e. The summed E-state index contributed by atoms with van der Waals surface area (Å²) in [5, 5.41) is 2.52. The van der Waals surface area contributed by atoms with Crippen LogP contribution < -0.4 is 5.32 Å². The van der Waals surface area contributed by atoms with Gasteiger partial charge in [-0.2, -0.15) is 0 Å². The summed E-state index contributed by atoms with van der Waals surface area (Å²) in [6, 6.07) is 4.89. The van der Waals surface area contributed by atoms with E-state index in [4.69, 9.17) is 0 Å². The Hall–Kier alpha value is -1.27. The van der Waals surface area contributed by atoms with Crippen LogP contribution in [0.3, 0.4) is 0 Å². The molecule has 1 N–H and O–H groups in total. The zero-order valence-corrected chi connectivity index (χ0v) is 11.7. The van der Waals surface area contributed by atoms with Gasteiger partial charge in [-0.25, -0.2) is 13.2 Å². The van der Waals surface area contributed by atoms with Crippen molar-refractivity contribution in [3.05, 3.63) is 35.6 Å². The second kappa shape index (κ2) is 6.45. The Kier molecular flexibility index (Phi) is 5.42. The van der Waals surface area contributed by atoms with Gasteiger partial charge in [0.1, 0.15) is 5.82 Å². The maximum absolute atomic E-state index is 13.0. The molecule has 1 saturated heterocycles. The van der Waals surface area contributed by atoms with Gasteiger partial charge in [-0.3, -0.25) is 10.1 Å². The van der Waals surface area contributed by atoms with Crippen LogP contribution in [0, 0.1) is 5.82 Å². The molecule has 112 valence electrons. The molecule has 0 bridgehead atoms. The molecule has 1 aromatic rings. The smallest absolute Gasteiger partial charge is 0.262 e. The molecule has 1 aliphatic rings. The lowest BCUT2D eigenvalue weighted by molar-refractivity contribution is -0.132. The number of carbonyl (C=O) groups excluding carboxylic acids is 1. The number of benzene rings is 1. The van der Waals surface area contributed by atoms with E-state index in [-0.39, 0.29) is 30.7 Å². The highest BCUT2D eigenvalue weighted by molar-refractivity contribution is 5.85. The van der Waals surface area contributed by atoms with Crippen molar-refractivity contribution in [3.63, 3.8) is 0 Å². The normalized spacial score (nSPS) is 20.3. The topological polar surface area (TPSA) is 32.3 Å². The molecule has 1 heterocycles. The summed E-state index contributed by atoms with van der Waals surface area (Å²) >= 11 is 0. The van der Waals surface area contributed by atoms with Crippen LogP contribution in [0.15, 0.2) is 24.3 Å². The van der Waals surface area contributed by atoms with Crippen molar-refractivity contribution in [3.8, 4) is 0 Å². The third-order valence-corrected chi connectivity index (χ3v) is 3.12. The predicted molar refractivity (Wildman–Crippen MR) is 71.5 cm³/mol. The highest BCUT2D eigenvalue weighted by Gasteiger charge is 2.43. The standard InChI is InChI=1S/C13H15F3N2O.ClH/c1-18(7-9-2-4-10(14)5-3-9)12(19)11-6-13(15,16)8-17-11;/h2-5,11,17H,6-8H2,1H3;1H. The molecule has 0 spiro atoms. The molecular formula is C13H16ClF3N2O. The number of nitrogens with one attached hydrogen (secondary N) is 1. The summed E-state index contributed by atoms with van der Waals surface area (Å²) in [4.78, 5) is 13.3. The van der Waals surface area contributed by atoms with Crippen LogP contribution >= 0.6 is 12.4 Å². The molecule has 0 aliphatic carbocycles. The second-order valence-electron chi connectivity index (χ2n) is 4.81. The Morgan fingerprint density at radius 1 is 1.40 bits per heavy atom. The molecule has 0 aromatic heterocycles. The average Bonchev–Trinajstić information content (AvgIpc) is 2.71. The molecule has 1 amide bonds. The Morgan fingerprint density at radius 2 is 2.00 bits per heavy atom. The zero-order chi connectivity index (χ0) is 14.0. The number of carbonyl (C=O) groups is 1. The van der Waals surface area contributed by atoms with E-state index in [2.05, 4.69) is 5.32 Å². The van der Waals surface area contributed by atoms with Crippen molar-refractivity contribution in [1.29, 1.82) is 0 Å². The van der Waals surface area contributed by atoms with Gasteiger partial charge in [-0.15, -0.1) is 12.4 Å². The Labute approximate surface area is 121 Å². The first-order valence-corrected chi connectivity index (χ1v) is 5.98. The third-order valence-electron chi connectivity index (χ3n) is 3.12. The molecule has 7 heteroatoms. The van der Waals surface area contributed by atoms with Gasteiger partial charge >= 0.3 is 0 Å². The van der Waals surface area contributed by atoms with Gasteiger partial charge in [0.25, 0.3) is 5.92 Å². The van der Waals surface area contributed by atoms with Crippen molar-refractivity contribution in [2.24, 2.45) is 0 Å². The van der Waals surface area contributed by atoms with Gasteiger partial charge in [0.05, 0.1) is 12.6 Å². The number of amides is 1. The van der Waals surface area contributed by atoms with E-state index >= 15 is 0 Å². The zero-order valence-electron chi connectivity index (χ0n) is 10.9. The molecule has 0 radical (unpaired) electrons. The number of nitrogens with zero attached hydrogens (tertiary/aromatic N) is 1. The molecule has 20 heavy (non-hydrogen) atoms. The lowest BCUT2D eigenvalue weighted by Gasteiger charge is -2.21. The minimum atomic E-state index is -2.82. The highest BCUT2D eigenvalue weighted by atomic mass is 35.5. The van der Waals surface area contributed by atoms with Gasteiger partial charge in [0.2, 0.25) is 5.91 Å². The van der Waals surface area contributed by atoms with Crippen LogP contribution in [0.1, 0.15) is 12.0 Å². The van der Waals surface area contributed by atoms with E-state index in [1.165, 1.54) is 17.0 Å². The average molecular weight is 309 g/mol. The van der Waals surface area contributed by atoms with E-state index in [0.29, 0.717) is 0 Å². The number of hydrogen-bond acceptors (Lipinski definition) is 2. The van der Waals surface area contributed by atoms with Crippen molar-refractivity contribution in [1.82, 2.24) is 10.2 Å². The quantitative estimate of drug-likeness (QED) is 0.928. The summed E-state index contributed by atoms with van der Waals surface area (Å²) in [7, 11) is 1.55. The fourth-order valence-corrected chi connectivity index (χ4v) is 2.10. The van der Waals surface area contributed by atoms with Gasteiger partial charge in [0, 0.05) is 20.0 Å². The van der Waals surface area contributed by atoms with Crippen molar-refractivity contribution < 1.29 is 18.0 Å². The van der Waals surface area contributed by atoms with Crippen LogP contribution in [0.5, 0.6) is 0 Å². The van der Waals surface area contributed by atoms with Crippen molar-refractivity contribution in [2.45, 2.75) is 24.9 Å². The first kappa shape index (κ1) is 16.8. The van der Waals surface area contributed by atoms with Crippen molar-refractivity contribution >= 4 is 18.3 Å². The van der Waals surface area contributed by atoms with Crippen LogP contribution in [-0.4, -0.2) is 36.4 Å². The molecule has 1 unspecified atom stereocenters. The number of likely N-dealkylation sites (N-methyl/N-ethyl adjacent to an activating group) is 1. The van der Waals surface area contributed by atoms with Crippen LogP contribution in [0.25, 0.3) is 0 Å². The number of halogens is 4. The molecule has 1 aliphatic heterocycles. The van der Waals surface area contributed by atoms with Crippen LogP contribution in [0.4, 0.5) is 13.2 Å². The van der Waals surface area contributed by atoms with Crippen LogP contribution in [0.2, 0.25) is 0 Å². The van der Waals surface area contributed by atoms with E-state index in [1.54, 1.807) is 19.2 Å². The summed E-state index contributed by atoms with van der Waals surface area (Å²) in [6.45, 7) is -0.198. The molecule has 0 saturated carbocycles. The first-order chi connectivity index (χ1) is 8.87. The fourth-order valence-electron chi connectivity index (χ4n) is 2.10. The Balaban J connectivity index is 0.00000200. The third kappa shape index (κ3) is 4.11. The molecule has 1 aromatic carbocycles. The van der Waals surface area contributed by atoms with E-state index in [9.17, 15) is 18.0 Å². The monoisotopic (exact) mass is 308 g/mol. The minimum absolute atomic E-state index is 0. The van der Waals surface area contributed by atoms with Crippen molar-refractivity contribution in [2.75, 3.05) is 13.6 Å². The van der Waals surface area contributed by atoms with Gasteiger partial charge in [-0.1, -0.05) is 12.1 Å². The van der Waals surface area contributed by atoms with E-state index in [1.807, 2.05) is 0 Å². The summed E-state index contributed by atoms with van der Waals surface area (Å²) in [5.74, 6) is -3.55. The first-order valence-electron chi connectivity index (χ1n) is 5.98. The number of alkyl halides is 2. The molecule has 1 fully saturated rings. The molecule has 3 nitrogen and oxygen atoms in total. The fraction of sp³-hybridized carbons (Fsp3) is 0.462. The largest absolute Gasteiger partial charge is 0.340 e. The van der Waals surface area contributed by atoms with Gasteiger partial charge < -0.3 is 4.90 Å². The van der Waals surface area contributed by atoms with Crippen LogP contribution in [-0.2, 0) is 11.3 Å². The highest BCUT2D eigenvalue weighted by Crippen LogP contribution is 2.26. The maximum atomic E-state index is 13.0. The SMILES string of the molecule is CN(Cc1ccc(F)cc1)C(=O)C1CC(F)(F)CN1.Cl. The Morgan fingerprint density at radius 3 is 2.50 bits per heavy atom. The predicted octanol–water partition coefficient (Wildman–Crippen LogP) is 2.20. The van der Waals surface area contributed by atoms with E-state index in [0.717, 1.165) is 5.56 Å². The summed E-state index contributed by atoms with van der Waals surface area (Å²) in [6.07, 6.45) is -0.473. The lowest BCUT2D eigenvalue weighted by atomic mass is 10.1. The number of hydrogen-bond donors (Lipinski definition) is 1. The summed E-state index contributed by atoms with van der Waals surface area (Å²) < 4.78 is 38.8. The molecule has 1 atom stereocenters. The van der Waals surface area contributed by atoms with E-state index < -0.39 is 24.9 Å². The van der Waals surface area contributed by atoms with Gasteiger partial charge in [0.15, 0.2) is 0 Å². The lowest BCUT2D eigenvalue weighted by Crippen LogP contribution is -2.41. The van der Waals surface area contributed by atoms with Gasteiger partial charge in [-0.05, 0) is 17.7 Å². The Bertz CT molecular complexity index is 467. The molecule has 2 rings (SSSR count). The number of rotatable bonds is 3.